The number of nitrogens with one attached hydrogen (secondary N) is 1. The summed E-state index contributed by atoms with van der Waals surface area (Å²) < 4.78 is 10.3. The van der Waals surface area contributed by atoms with E-state index in [0.717, 1.165) is 0 Å². The molecule has 0 saturated heterocycles. The van der Waals surface area contributed by atoms with E-state index in [1.54, 1.807) is 24.3 Å². The van der Waals surface area contributed by atoms with Crippen LogP contribution in [0.4, 0.5) is 11.4 Å². The minimum atomic E-state index is -1.07. The predicted octanol–water partition coefficient (Wildman–Crippen LogP) is 3.77. The van der Waals surface area contributed by atoms with E-state index < -0.39 is 18.0 Å². The van der Waals surface area contributed by atoms with Crippen molar-refractivity contribution in [2.75, 3.05) is 18.2 Å². The molecule has 0 bridgehead atoms. The van der Waals surface area contributed by atoms with Gasteiger partial charge in [0, 0.05) is 5.02 Å². The fourth-order valence-electron chi connectivity index (χ4n) is 2.01. The molecule has 0 aliphatic heterocycles. The molecule has 3 N–H and O–H groups in total. The summed E-state index contributed by atoms with van der Waals surface area (Å²) >= 11 is 11.8. The molecular formula is C17H16Cl2N2O4. The topological polar surface area (TPSA) is 90.6 Å². The minimum Gasteiger partial charge on any atom is -0.495 e. The van der Waals surface area contributed by atoms with Crippen molar-refractivity contribution in [2.45, 2.75) is 13.0 Å². The number of benzene rings is 2. The zero-order chi connectivity index (χ0) is 18.6. The number of methoxy groups -OCH3 is 1. The molecule has 1 atom stereocenters. The van der Waals surface area contributed by atoms with E-state index in [1.807, 2.05) is 0 Å². The van der Waals surface area contributed by atoms with Crippen molar-refractivity contribution < 1.29 is 19.1 Å². The average molecular weight is 383 g/mol. The molecule has 6 nitrogen and oxygen atoms in total. The molecule has 0 spiro atoms. The molecule has 0 heterocycles. The molecule has 8 heteroatoms. The van der Waals surface area contributed by atoms with E-state index in [9.17, 15) is 9.59 Å². The van der Waals surface area contributed by atoms with Gasteiger partial charge in [0.25, 0.3) is 5.91 Å². The Morgan fingerprint density at radius 3 is 2.56 bits per heavy atom. The molecule has 2 rings (SSSR count). The maximum absolute atomic E-state index is 12.2. The number of hydrogen-bond donors (Lipinski definition) is 2. The summed E-state index contributed by atoms with van der Waals surface area (Å²) in [5, 5.41) is 2.99. The summed E-state index contributed by atoms with van der Waals surface area (Å²) in [5.74, 6) is -0.839. The Balaban J connectivity index is 2.10. The lowest BCUT2D eigenvalue weighted by molar-refractivity contribution is -0.123. The number of carbonyl (C=O) groups is 2. The molecule has 25 heavy (non-hydrogen) atoms. The minimum absolute atomic E-state index is 0.00515. The zero-order valence-corrected chi connectivity index (χ0v) is 15.0. The number of esters is 1. The molecular weight excluding hydrogens is 367 g/mol. The first-order chi connectivity index (χ1) is 11.8. The third-order valence-electron chi connectivity index (χ3n) is 3.33. The van der Waals surface area contributed by atoms with Gasteiger partial charge in [0.15, 0.2) is 6.10 Å². The Morgan fingerprint density at radius 2 is 1.88 bits per heavy atom. The van der Waals surface area contributed by atoms with Crippen LogP contribution in [0.25, 0.3) is 0 Å². The molecule has 0 fully saturated rings. The van der Waals surface area contributed by atoms with E-state index in [1.165, 1.54) is 26.2 Å². The third-order valence-corrected chi connectivity index (χ3v) is 3.86. The summed E-state index contributed by atoms with van der Waals surface area (Å²) in [5.41, 5.74) is 6.25. The van der Waals surface area contributed by atoms with Crippen molar-refractivity contribution in [2.24, 2.45) is 0 Å². The lowest BCUT2D eigenvalue weighted by Crippen LogP contribution is -2.30. The highest BCUT2D eigenvalue weighted by molar-refractivity contribution is 6.37. The normalized spacial score (nSPS) is 11.5. The summed E-state index contributed by atoms with van der Waals surface area (Å²) in [6, 6.07) is 9.61. The largest absolute Gasteiger partial charge is 0.495 e. The molecule has 0 radical (unpaired) electrons. The first-order valence-corrected chi connectivity index (χ1v) is 7.98. The van der Waals surface area contributed by atoms with Gasteiger partial charge in [-0.25, -0.2) is 4.79 Å². The molecule has 1 amide bonds. The van der Waals surface area contributed by atoms with Gasteiger partial charge >= 0.3 is 5.97 Å². The third kappa shape index (κ3) is 4.55. The Kier molecular flexibility index (Phi) is 6.12. The van der Waals surface area contributed by atoms with Gasteiger partial charge in [-0.3, -0.25) is 4.79 Å². The fraction of sp³-hybridized carbons (Fsp3) is 0.176. The molecule has 132 valence electrons. The summed E-state index contributed by atoms with van der Waals surface area (Å²) in [6.07, 6.45) is -1.07. The molecule has 0 aliphatic carbocycles. The lowest BCUT2D eigenvalue weighted by atomic mass is 10.2. The summed E-state index contributed by atoms with van der Waals surface area (Å²) in [4.78, 5) is 24.5. The van der Waals surface area contributed by atoms with E-state index in [-0.39, 0.29) is 21.3 Å². The Hall–Kier alpha value is -2.44. The van der Waals surface area contributed by atoms with Crippen molar-refractivity contribution in [1.29, 1.82) is 0 Å². The quantitative estimate of drug-likeness (QED) is 0.606. The number of halogens is 2. The number of rotatable bonds is 5. The molecule has 0 unspecified atom stereocenters. The van der Waals surface area contributed by atoms with E-state index >= 15 is 0 Å². The maximum Gasteiger partial charge on any atom is 0.341 e. The van der Waals surface area contributed by atoms with Crippen LogP contribution in [0.3, 0.4) is 0 Å². The van der Waals surface area contributed by atoms with E-state index in [2.05, 4.69) is 5.32 Å². The van der Waals surface area contributed by atoms with Crippen LogP contribution in [0.5, 0.6) is 5.75 Å². The fourth-order valence-corrected chi connectivity index (χ4v) is 2.51. The molecule has 2 aromatic rings. The SMILES string of the molecule is COc1ccccc1NC(=O)[C@H](C)OC(=O)c1cc(Cl)cc(Cl)c1N. The first-order valence-electron chi connectivity index (χ1n) is 7.23. The number of carbonyl (C=O) groups excluding carboxylic acids is 2. The second kappa shape index (κ2) is 8.09. The number of nitrogen functional groups attached to an aromatic ring is 1. The maximum atomic E-state index is 12.2. The number of ether oxygens (including phenoxy) is 2. The lowest BCUT2D eigenvalue weighted by Gasteiger charge is -2.16. The monoisotopic (exact) mass is 382 g/mol. The Bertz CT molecular complexity index is 811. The smallest absolute Gasteiger partial charge is 0.341 e. The van der Waals surface area contributed by atoms with Crippen LogP contribution in [0.15, 0.2) is 36.4 Å². The molecule has 2 aromatic carbocycles. The van der Waals surface area contributed by atoms with Gasteiger partial charge in [0.1, 0.15) is 5.75 Å². The van der Waals surface area contributed by atoms with Crippen molar-refractivity contribution in [3.63, 3.8) is 0 Å². The number of anilines is 2. The van der Waals surface area contributed by atoms with Gasteiger partial charge in [-0.05, 0) is 31.2 Å². The first kappa shape index (κ1) is 18.9. The number of hydrogen-bond acceptors (Lipinski definition) is 5. The van der Waals surface area contributed by atoms with Crippen LogP contribution in [0, 0.1) is 0 Å². The van der Waals surface area contributed by atoms with E-state index in [0.29, 0.717) is 11.4 Å². The van der Waals surface area contributed by atoms with E-state index in [4.69, 9.17) is 38.4 Å². The van der Waals surface area contributed by atoms with Gasteiger partial charge < -0.3 is 20.5 Å². The molecule has 0 aliphatic rings. The highest BCUT2D eigenvalue weighted by Gasteiger charge is 2.22. The van der Waals surface area contributed by atoms with Gasteiger partial charge in [0.05, 0.1) is 29.1 Å². The van der Waals surface area contributed by atoms with Gasteiger partial charge in [0.2, 0.25) is 0 Å². The molecule has 0 aromatic heterocycles. The second-order valence-electron chi connectivity index (χ2n) is 5.09. The van der Waals surface area contributed by atoms with Gasteiger partial charge in [-0.1, -0.05) is 35.3 Å². The zero-order valence-electron chi connectivity index (χ0n) is 13.5. The highest BCUT2D eigenvalue weighted by Crippen LogP contribution is 2.28. The average Bonchev–Trinajstić information content (AvgIpc) is 2.58. The van der Waals surface area contributed by atoms with Crippen LogP contribution < -0.4 is 15.8 Å². The van der Waals surface area contributed by atoms with Gasteiger partial charge in [-0.2, -0.15) is 0 Å². The van der Waals surface area contributed by atoms with Gasteiger partial charge in [-0.15, -0.1) is 0 Å². The Morgan fingerprint density at radius 1 is 1.20 bits per heavy atom. The highest BCUT2D eigenvalue weighted by atomic mass is 35.5. The number of nitrogens with two attached hydrogens (primary N) is 1. The molecule has 0 saturated carbocycles. The number of amides is 1. The van der Waals surface area contributed by atoms with Crippen LogP contribution >= 0.6 is 23.2 Å². The van der Waals surface area contributed by atoms with Crippen molar-refractivity contribution in [1.82, 2.24) is 0 Å². The standard InChI is InChI=1S/C17H16Cl2N2O4/c1-9(16(22)21-13-5-3-4-6-14(13)24-2)25-17(23)11-7-10(18)8-12(19)15(11)20/h3-9H,20H2,1-2H3,(H,21,22)/t9-/m0/s1. The summed E-state index contributed by atoms with van der Waals surface area (Å²) in [7, 11) is 1.49. The van der Waals surface area contributed by atoms with Crippen molar-refractivity contribution in [3.8, 4) is 5.75 Å². The van der Waals surface area contributed by atoms with Crippen LogP contribution in [0.1, 0.15) is 17.3 Å². The Labute approximate surface area is 154 Å². The van der Waals surface area contributed by atoms with Crippen molar-refractivity contribution >= 4 is 46.5 Å². The van der Waals surface area contributed by atoms with Crippen molar-refractivity contribution in [3.05, 3.63) is 52.0 Å². The van der Waals surface area contributed by atoms with Crippen LogP contribution in [-0.4, -0.2) is 25.1 Å². The predicted molar refractivity (Wildman–Crippen MR) is 97.4 cm³/mol. The van der Waals surface area contributed by atoms with Crippen LogP contribution in [-0.2, 0) is 9.53 Å². The number of para-hydroxylation sites is 2. The second-order valence-corrected chi connectivity index (χ2v) is 5.93. The summed E-state index contributed by atoms with van der Waals surface area (Å²) in [6.45, 7) is 1.44. The van der Waals surface area contributed by atoms with Crippen LogP contribution in [0.2, 0.25) is 10.0 Å².